The molecule has 1 heterocycles. The number of fused-ring (bicyclic) bond motifs is 1. The zero-order valence-corrected chi connectivity index (χ0v) is 17.9. The lowest BCUT2D eigenvalue weighted by Crippen LogP contribution is -2.43. The molecule has 1 aliphatic heterocycles. The van der Waals surface area contributed by atoms with Crippen LogP contribution >= 0.6 is 0 Å². The summed E-state index contributed by atoms with van der Waals surface area (Å²) in [5, 5.41) is 3.90. The van der Waals surface area contributed by atoms with E-state index in [1.54, 1.807) is 0 Å². The van der Waals surface area contributed by atoms with Crippen molar-refractivity contribution in [2.75, 3.05) is 17.3 Å². The number of nitrogens with one attached hydrogen (secondary N) is 1. The lowest BCUT2D eigenvalue weighted by atomic mass is 9.75. The summed E-state index contributed by atoms with van der Waals surface area (Å²) >= 11 is 0. The predicted molar refractivity (Wildman–Crippen MR) is 131 cm³/mol. The minimum atomic E-state index is 0.232. The van der Waals surface area contributed by atoms with Gasteiger partial charge in [0, 0.05) is 30.4 Å². The zero-order chi connectivity index (χ0) is 21.0. The minimum Gasteiger partial charge on any atom is -0.381 e. The van der Waals surface area contributed by atoms with Gasteiger partial charge in [0.05, 0.1) is 6.04 Å². The van der Waals surface area contributed by atoms with Crippen LogP contribution in [0.25, 0.3) is 0 Å². The van der Waals surface area contributed by atoms with Crippen molar-refractivity contribution in [1.29, 1.82) is 0 Å². The van der Waals surface area contributed by atoms with Crippen molar-refractivity contribution < 1.29 is 0 Å². The van der Waals surface area contributed by atoms with Crippen LogP contribution in [0.2, 0.25) is 0 Å². The second-order valence-corrected chi connectivity index (χ2v) is 8.36. The molecule has 1 N–H and O–H groups in total. The second-order valence-electron chi connectivity index (χ2n) is 8.36. The van der Waals surface area contributed by atoms with E-state index in [9.17, 15) is 0 Å². The highest BCUT2D eigenvalue weighted by atomic mass is 15.2. The molecule has 0 fully saturated rings. The van der Waals surface area contributed by atoms with E-state index in [4.69, 9.17) is 0 Å². The average molecular weight is 405 g/mol. The van der Waals surface area contributed by atoms with Gasteiger partial charge in [-0.2, -0.15) is 0 Å². The monoisotopic (exact) mass is 404 g/mol. The van der Waals surface area contributed by atoms with Crippen LogP contribution in [0.15, 0.2) is 115 Å². The van der Waals surface area contributed by atoms with E-state index < -0.39 is 0 Å². The van der Waals surface area contributed by atoms with Gasteiger partial charge in [0.2, 0.25) is 0 Å². The summed E-state index contributed by atoms with van der Waals surface area (Å²) in [6.45, 7) is 0. The Morgan fingerprint density at radius 2 is 1.26 bits per heavy atom. The van der Waals surface area contributed by atoms with Crippen molar-refractivity contribution in [3.05, 3.63) is 132 Å². The van der Waals surface area contributed by atoms with Gasteiger partial charge in [0.25, 0.3) is 0 Å². The molecular formula is C29H28N2. The quantitative estimate of drug-likeness (QED) is 0.399. The fraction of sp³-hybridized carbons (Fsp3) is 0.172. The highest BCUT2D eigenvalue weighted by Gasteiger charge is 2.39. The number of para-hydroxylation sites is 2. The van der Waals surface area contributed by atoms with Gasteiger partial charge in [0.15, 0.2) is 0 Å². The van der Waals surface area contributed by atoms with E-state index in [1.807, 2.05) is 0 Å². The highest BCUT2D eigenvalue weighted by Crippen LogP contribution is 2.47. The van der Waals surface area contributed by atoms with Crippen LogP contribution < -0.4 is 10.2 Å². The molecule has 0 saturated heterocycles. The number of likely N-dealkylation sites (N-methyl/N-ethyl adjacent to an activating group) is 1. The Morgan fingerprint density at radius 3 is 1.97 bits per heavy atom. The van der Waals surface area contributed by atoms with Crippen LogP contribution in [0.5, 0.6) is 0 Å². The molecular weight excluding hydrogens is 376 g/mol. The van der Waals surface area contributed by atoms with E-state index in [-0.39, 0.29) is 12.1 Å². The Balaban J connectivity index is 1.64. The summed E-state index contributed by atoms with van der Waals surface area (Å²) in [5.41, 5.74) is 6.57. The number of rotatable bonds is 5. The van der Waals surface area contributed by atoms with Gasteiger partial charge in [0.1, 0.15) is 0 Å². The van der Waals surface area contributed by atoms with Gasteiger partial charge in [-0.25, -0.2) is 0 Å². The lowest BCUT2D eigenvalue weighted by Gasteiger charge is -2.46. The first-order valence-corrected chi connectivity index (χ1v) is 11.0. The maximum absolute atomic E-state index is 3.90. The molecule has 2 nitrogen and oxygen atoms in total. The molecule has 0 saturated carbocycles. The molecule has 0 radical (unpaired) electrons. The number of benzene rings is 4. The number of hydrogen-bond donors (Lipinski definition) is 1. The van der Waals surface area contributed by atoms with Crippen LogP contribution in [-0.4, -0.2) is 13.1 Å². The van der Waals surface area contributed by atoms with Crippen molar-refractivity contribution in [3.63, 3.8) is 0 Å². The topological polar surface area (TPSA) is 15.3 Å². The van der Waals surface area contributed by atoms with Crippen LogP contribution in [0.3, 0.4) is 0 Å². The first-order valence-electron chi connectivity index (χ1n) is 11.0. The van der Waals surface area contributed by atoms with Crippen molar-refractivity contribution in [2.24, 2.45) is 0 Å². The fourth-order valence-corrected chi connectivity index (χ4v) is 5.00. The predicted octanol–water partition coefficient (Wildman–Crippen LogP) is 6.68. The van der Waals surface area contributed by atoms with E-state index in [0.717, 1.165) is 6.42 Å². The second kappa shape index (κ2) is 8.69. The Bertz CT molecular complexity index is 1110. The fourth-order valence-electron chi connectivity index (χ4n) is 5.00. The highest BCUT2D eigenvalue weighted by molar-refractivity contribution is 5.62. The first kappa shape index (κ1) is 19.4. The van der Waals surface area contributed by atoms with Crippen molar-refractivity contribution in [2.45, 2.75) is 24.4 Å². The van der Waals surface area contributed by atoms with Crippen LogP contribution in [0.1, 0.15) is 28.7 Å². The standard InChI is InChI=1S/C29H28N2/c1-31(24-17-9-4-10-18-24)29-25-19-11-12-20-26(25)30-27(21-22-13-5-2-6-14-22)28(29)23-15-7-3-8-16-23/h2-20,27-30H,21H2,1H3/t27-,28-,29-/m0/s1. The largest absolute Gasteiger partial charge is 0.381 e. The molecule has 0 spiro atoms. The van der Waals surface area contributed by atoms with Crippen LogP contribution in [0, 0.1) is 0 Å². The van der Waals surface area contributed by atoms with Gasteiger partial charge >= 0.3 is 0 Å². The van der Waals surface area contributed by atoms with Crippen LogP contribution in [0.4, 0.5) is 11.4 Å². The summed E-state index contributed by atoms with van der Waals surface area (Å²) in [4.78, 5) is 2.45. The average Bonchev–Trinajstić information content (AvgIpc) is 2.84. The first-order chi connectivity index (χ1) is 15.3. The molecule has 0 bridgehead atoms. The third kappa shape index (κ3) is 3.94. The van der Waals surface area contributed by atoms with Gasteiger partial charge in [-0.1, -0.05) is 97.1 Å². The van der Waals surface area contributed by atoms with E-state index in [2.05, 4.69) is 133 Å². The molecule has 3 atom stereocenters. The molecule has 0 unspecified atom stereocenters. The molecule has 4 aromatic rings. The molecule has 0 aliphatic carbocycles. The molecule has 0 amide bonds. The van der Waals surface area contributed by atoms with E-state index in [1.165, 1.54) is 28.1 Å². The van der Waals surface area contributed by atoms with Crippen molar-refractivity contribution in [1.82, 2.24) is 0 Å². The maximum Gasteiger partial charge on any atom is 0.0647 e. The minimum absolute atomic E-state index is 0.232. The molecule has 5 rings (SSSR count). The van der Waals surface area contributed by atoms with Gasteiger partial charge in [-0.05, 0) is 41.3 Å². The van der Waals surface area contributed by atoms with Gasteiger partial charge in [-0.15, -0.1) is 0 Å². The summed E-state index contributed by atoms with van der Waals surface area (Å²) in [5.74, 6) is 0.307. The van der Waals surface area contributed by atoms with Crippen LogP contribution in [-0.2, 0) is 6.42 Å². The van der Waals surface area contributed by atoms with Crippen molar-refractivity contribution in [3.8, 4) is 0 Å². The summed E-state index contributed by atoms with van der Waals surface area (Å²) in [6.07, 6.45) is 0.980. The Morgan fingerprint density at radius 1 is 0.677 bits per heavy atom. The van der Waals surface area contributed by atoms with E-state index >= 15 is 0 Å². The zero-order valence-electron chi connectivity index (χ0n) is 17.9. The van der Waals surface area contributed by atoms with Gasteiger partial charge in [-0.3, -0.25) is 0 Å². The molecule has 0 aromatic heterocycles. The third-order valence-electron chi connectivity index (χ3n) is 6.46. The SMILES string of the molecule is CN(c1ccccc1)[C@H]1c2ccccc2N[C@@H](Cc2ccccc2)[C@@H]1c1ccccc1. The normalized spacial score (nSPS) is 19.8. The summed E-state index contributed by atoms with van der Waals surface area (Å²) in [7, 11) is 2.23. The Labute approximate surface area is 185 Å². The molecule has 2 heteroatoms. The van der Waals surface area contributed by atoms with E-state index in [0.29, 0.717) is 5.92 Å². The Kier molecular flexibility index (Phi) is 5.45. The number of nitrogens with zero attached hydrogens (tertiary/aromatic N) is 1. The van der Waals surface area contributed by atoms with Crippen molar-refractivity contribution >= 4 is 11.4 Å². The molecule has 4 aromatic carbocycles. The number of anilines is 2. The Hall–Kier alpha value is -3.52. The maximum atomic E-state index is 3.90. The molecule has 154 valence electrons. The number of hydrogen-bond acceptors (Lipinski definition) is 2. The summed E-state index contributed by atoms with van der Waals surface area (Å²) in [6, 6.07) is 41.9. The summed E-state index contributed by atoms with van der Waals surface area (Å²) < 4.78 is 0. The third-order valence-corrected chi connectivity index (χ3v) is 6.46. The lowest BCUT2D eigenvalue weighted by molar-refractivity contribution is 0.444. The molecule has 31 heavy (non-hydrogen) atoms. The molecule has 1 aliphatic rings. The van der Waals surface area contributed by atoms with Gasteiger partial charge < -0.3 is 10.2 Å². The smallest absolute Gasteiger partial charge is 0.0647 e.